The van der Waals surface area contributed by atoms with Crippen LogP contribution in [0.25, 0.3) is 0 Å². The lowest BCUT2D eigenvalue weighted by molar-refractivity contribution is -0.139. The molecule has 0 atom stereocenters. The van der Waals surface area contributed by atoms with Gasteiger partial charge in [-0.15, -0.1) is 0 Å². The number of carbonyl (C=O) groups is 1. The van der Waals surface area contributed by atoms with Crippen molar-refractivity contribution in [2.45, 2.75) is 62.9 Å². The first kappa shape index (κ1) is 23.8. The Kier molecular flexibility index (Phi) is 7.14. The summed E-state index contributed by atoms with van der Waals surface area (Å²) in [6.07, 6.45) is 4.41. The zero-order valence-corrected chi connectivity index (χ0v) is 19.7. The number of amides is 1. The molecule has 1 amide bonds. The number of aryl methyl sites for hydroxylation is 1. The third kappa shape index (κ3) is 5.11. The van der Waals surface area contributed by atoms with Crippen molar-refractivity contribution in [1.82, 2.24) is 9.21 Å². The van der Waals surface area contributed by atoms with Crippen molar-refractivity contribution in [2.24, 2.45) is 5.92 Å². The van der Waals surface area contributed by atoms with Crippen molar-refractivity contribution in [1.29, 1.82) is 0 Å². The van der Waals surface area contributed by atoms with Crippen LogP contribution in [-0.2, 0) is 21.4 Å². The first-order chi connectivity index (χ1) is 15.8. The molecule has 0 aromatic heterocycles. The van der Waals surface area contributed by atoms with Crippen LogP contribution in [0.4, 0.5) is 8.78 Å². The number of hydrogen-bond acceptors (Lipinski definition) is 3. The molecule has 2 aromatic carbocycles. The van der Waals surface area contributed by atoms with Crippen LogP contribution in [-0.4, -0.2) is 42.7 Å². The van der Waals surface area contributed by atoms with Gasteiger partial charge in [0.05, 0.1) is 11.4 Å². The fraction of sp³-hybridized carbons (Fsp3) is 0.480. The molecule has 178 valence electrons. The monoisotopic (exact) mass is 476 g/mol. The van der Waals surface area contributed by atoms with Crippen LogP contribution < -0.4 is 0 Å². The molecule has 0 unspecified atom stereocenters. The van der Waals surface area contributed by atoms with E-state index in [4.69, 9.17) is 0 Å². The van der Waals surface area contributed by atoms with Crippen molar-refractivity contribution < 1.29 is 22.0 Å². The van der Waals surface area contributed by atoms with Crippen molar-refractivity contribution >= 4 is 15.9 Å². The summed E-state index contributed by atoms with van der Waals surface area (Å²) in [7, 11) is -3.61. The van der Waals surface area contributed by atoms with Gasteiger partial charge in [0, 0.05) is 30.6 Å². The Labute approximate surface area is 194 Å². The highest BCUT2D eigenvalue weighted by Gasteiger charge is 2.37. The number of carbonyl (C=O) groups excluding carboxylic acids is 1. The van der Waals surface area contributed by atoms with Gasteiger partial charge in [0.1, 0.15) is 11.6 Å². The van der Waals surface area contributed by atoms with Gasteiger partial charge in [-0.3, -0.25) is 4.79 Å². The Hall–Kier alpha value is -2.32. The predicted molar refractivity (Wildman–Crippen MR) is 122 cm³/mol. The third-order valence-electron chi connectivity index (χ3n) is 6.90. The highest BCUT2D eigenvalue weighted by atomic mass is 32.2. The summed E-state index contributed by atoms with van der Waals surface area (Å²) in [4.78, 5) is 15.4. The highest BCUT2D eigenvalue weighted by molar-refractivity contribution is 7.89. The van der Waals surface area contributed by atoms with E-state index in [1.807, 2.05) is 6.92 Å². The molecule has 33 heavy (non-hydrogen) atoms. The van der Waals surface area contributed by atoms with Gasteiger partial charge in [-0.1, -0.05) is 36.6 Å². The summed E-state index contributed by atoms with van der Waals surface area (Å²) in [6, 6.07) is 10.5. The van der Waals surface area contributed by atoms with Crippen LogP contribution in [0.5, 0.6) is 0 Å². The molecular formula is C25H30F2N2O3S. The first-order valence-corrected chi connectivity index (χ1v) is 13.0. The average molecular weight is 477 g/mol. The van der Waals surface area contributed by atoms with Crippen molar-refractivity contribution in [3.8, 4) is 0 Å². The lowest BCUT2D eigenvalue weighted by Crippen LogP contribution is -2.47. The van der Waals surface area contributed by atoms with Gasteiger partial charge in [0.15, 0.2) is 0 Å². The second-order valence-corrected chi connectivity index (χ2v) is 11.0. The summed E-state index contributed by atoms with van der Waals surface area (Å²) in [5.74, 6) is -1.78. The van der Waals surface area contributed by atoms with Crippen LogP contribution in [0.1, 0.15) is 49.7 Å². The van der Waals surface area contributed by atoms with Gasteiger partial charge in [0.2, 0.25) is 15.9 Å². The predicted octanol–water partition coefficient (Wildman–Crippen LogP) is 4.65. The molecule has 8 heteroatoms. The quantitative estimate of drug-likeness (QED) is 0.610. The van der Waals surface area contributed by atoms with E-state index < -0.39 is 21.7 Å². The molecule has 4 rings (SSSR count). The Balaban J connectivity index is 1.47. The summed E-state index contributed by atoms with van der Waals surface area (Å²) in [5.41, 5.74) is 0.897. The third-order valence-corrected chi connectivity index (χ3v) is 8.81. The maximum Gasteiger partial charge on any atom is 0.243 e. The molecule has 0 N–H and O–H groups in total. The minimum atomic E-state index is -3.61. The lowest BCUT2D eigenvalue weighted by Gasteiger charge is -2.36. The molecule has 1 aliphatic carbocycles. The van der Waals surface area contributed by atoms with Gasteiger partial charge in [-0.05, 0) is 56.9 Å². The van der Waals surface area contributed by atoms with E-state index >= 15 is 0 Å². The van der Waals surface area contributed by atoms with Gasteiger partial charge in [-0.25, -0.2) is 17.2 Å². The van der Waals surface area contributed by atoms with Crippen LogP contribution >= 0.6 is 0 Å². The van der Waals surface area contributed by atoms with E-state index in [0.717, 1.165) is 31.2 Å². The molecule has 2 fully saturated rings. The number of rotatable bonds is 6. The fourth-order valence-corrected chi connectivity index (χ4v) is 6.36. The molecule has 2 aromatic rings. The van der Waals surface area contributed by atoms with E-state index in [2.05, 4.69) is 0 Å². The Morgan fingerprint density at radius 3 is 2.12 bits per heavy atom. The Bertz CT molecular complexity index is 1070. The molecular weight excluding hydrogens is 446 g/mol. The minimum Gasteiger partial charge on any atom is -0.335 e. The van der Waals surface area contributed by atoms with Crippen molar-refractivity contribution in [3.63, 3.8) is 0 Å². The lowest BCUT2D eigenvalue weighted by atomic mass is 9.95. The SMILES string of the molecule is Cc1ccc(S(=O)(=O)N2CCC(C(=O)N(Cc3c(F)cccc3F)C3CCCC3)CC2)cc1. The zero-order valence-electron chi connectivity index (χ0n) is 18.8. The number of benzene rings is 2. The first-order valence-electron chi connectivity index (χ1n) is 11.6. The summed E-state index contributed by atoms with van der Waals surface area (Å²) >= 11 is 0. The molecule has 0 radical (unpaired) electrons. The highest BCUT2D eigenvalue weighted by Crippen LogP contribution is 2.31. The van der Waals surface area contributed by atoms with Crippen LogP contribution in [0.3, 0.4) is 0 Å². The molecule has 0 bridgehead atoms. The standard InChI is InChI=1S/C25H30F2N2O3S/c1-18-9-11-21(12-10-18)33(31,32)28-15-13-19(14-16-28)25(30)29(20-5-2-3-6-20)17-22-23(26)7-4-8-24(22)27/h4,7-12,19-20H,2-3,5-6,13-17H2,1H3. The number of hydrogen-bond donors (Lipinski definition) is 0. The molecule has 2 aliphatic rings. The average Bonchev–Trinajstić information content (AvgIpc) is 3.33. The molecule has 1 heterocycles. The Morgan fingerprint density at radius 2 is 1.55 bits per heavy atom. The van der Waals surface area contributed by atoms with Crippen LogP contribution in [0.2, 0.25) is 0 Å². The summed E-state index contributed by atoms with van der Waals surface area (Å²) in [5, 5.41) is 0. The van der Waals surface area contributed by atoms with E-state index in [9.17, 15) is 22.0 Å². The van der Waals surface area contributed by atoms with E-state index in [1.54, 1.807) is 29.2 Å². The van der Waals surface area contributed by atoms with Gasteiger partial charge >= 0.3 is 0 Å². The molecule has 5 nitrogen and oxygen atoms in total. The second kappa shape index (κ2) is 9.89. The largest absolute Gasteiger partial charge is 0.335 e. The number of nitrogens with zero attached hydrogens (tertiary/aromatic N) is 2. The minimum absolute atomic E-state index is 0.0363. The molecule has 1 aliphatic heterocycles. The second-order valence-electron chi connectivity index (χ2n) is 9.10. The van der Waals surface area contributed by atoms with Gasteiger partial charge in [0.25, 0.3) is 0 Å². The van der Waals surface area contributed by atoms with Crippen molar-refractivity contribution in [2.75, 3.05) is 13.1 Å². The smallest absolute Gasteiger partial charge is 0.243 e. The van der Waals surface area contributed by atoms with Crippen LogP contribution in [0, 0.1) is 24.5 Å². The van der Waals surface area contributed by atoms with Crippen molar-refractivity contribution in [3.05, 3.63) is 65.2 Å². The number of halogens is 2. The topological polar surface area (TPSA) is 57.7 Å². The van der Waals surface area contributed by atoms with E-state index in [-0.39, 0.29) is 48.0 Å². The molecule has 1 saturated heterocycles. The van der Waals surface area contributed by atoms with Crippen LogP contribution in [0.15, 0.2) is 47.4 Å². The summed E-state index contributed by atoms with van der Waals surface area (Å²) < 4.78 is 56.0. The maximum absolute atomic E-state index is 14.3. The fourth-order valence-electron chi connectivity index (χ4n) is 4.89. The normalized spacial score (nSPS) is 18.5. The number of piperidine rings is 1. The summed E-state index contributed by atoms with van der Waals surface area (Å²) in [6.45, 7) is 2.30. The Morgan fingerprint density at radius 1 is 0.970 bits per heavy atom. The molecule has 1 saturated carbocycles. The van der Waals surface area contributed by atoms with Gasteiger partial charge in [-0.2, -0.15) is 4.31 Å². The zero-order chi connectivity index (χ0) is 23.6. The van der Waals surface area contributed by atoms with Gasteiger partial charge < -0.3 is 4.90 Å². The molecule has 0 spiro atoms. The number of sulfonamides is 1. The maximum atomic E-state index is 14.3. The van der Waals surface area contributed by atoms with E-state index in [1.165, 1.54) is 22.5 Å². The van der Waals surface area contributed by atoms with E-state index in [0.29, 0.717) is 12.8 Å².